The highest BCUT2D eigenvalue weighted by molar-refractivity contribution is 5.71. The van der Waals surface area contributed by atoms with Crippen molar-refractivity contribution in [3.63, 3.8) is 0 Å². The molecule has 14 heavy (non-hydrogen) atoms. The van der Waals surface area contributed by atoms with Gasteiger partial charge in [-0.1, -0.05) is 0 Å². The molecule has 0 fully saturated rings. The third-order valence-electron chi connectivity index (χ3n) is 1.84. The molecular weight excluding hydrogens is 192 g/mol. The maximum Gasteiger partial charge on any atom is 0.311 e. The number of carboxylic acids is 2. The summed E-state index contributed by atoms with van der Waals surface area (Å²) in [6, 6.07) is 0. The Bertz CT molecular complexity index is 216. The van der Waals surface area contributed by atoms with Crippen molar-refractivity contribution in [3.05, 3.63) is 0 Å². The van der Waals surface area contributed by atoms with Gasteiger partial charge in [-0.25, -0.2) is 0 Å². The van der Waals surface area contributed by atoms with Crippen LogP contribution in [0.1, 0.15) is 26.2 Å². The summed E-state index contributed by atoms with van der Waals surface area (Å²) in [5, 5.41) is 35.0. The van der Waals surface area contributed by atoms with Crippen LogP contribution < -0.4 is 0 Å². The predicted molar refractivity (Wildman–Crippen MR) is 45.5 cm³/mol. The van der Waals surface area contributed by atoms with E-state index in [1.165, 1.54) is 0 Å². The van der Waals surface area contributed by atoms with Gasteiger partial charge < -0.3 is 20.4 Å². The fourth-order valence-corrected chi connectivity index (χ4v) is 1.09. The first-order valence-electron chi connectivity index (χ1n) is 4.14. The summed E-state index contributed by atoms with van der Waals surface area (Å²) in [6.45, 7) is 0.965. The first-order valence-corrected chi connectivity index (χ1v) is 4.14. The van der Waals surface area contributed by atoms with E-state index in [0.717, 1.165) is 6.92 Å². The largest absolute Gasteiger partial charge is 0.481 e. The normalized spacial score (nSPS) is 13.6. The zero-order chi connectivity index (χ0) is 11.4. The average molecular weight is 206 g/mol. The van der Waals surface area contributed by atoms with Crippen LogP contribution >= 0.6 is 0 Å². The highest BCUT2D eigenvalue weighted by Crippen LogP contribution is 2.20. The van der Waals surface area contributed by atoms with Crippen LogP contribution in [0.15, 0.2) is 0 Å². The van der Waals surface area contributed by atoms with Crippen LogP contribution in [0.3, 0.4) is 0 Å². The molecule has 0 aromatic heterocycles. The van der Waals surface area contributed by atoms with Crippen LogP contribution in [-0.4, -0.2) is 38.2 Å². The van der Waals surface area contributed by atoms with Crippen molar-refractivity contribution >= 4 is 11.9 Å². The van der Waals surface area contributed by atoms with Crippen LogP contribution in [0.5, 0.6) is 0 Å². The van der Waals surface area contributed by atoms with Gasteiger partial charge >= 0.3 is 11.9 Å². The standard InChI is InChI=1S/C8H14O6/c1-8(13,14)5(7(11)12)3-2-4-6(9)10/h5,13-14H,2-4H2,1H3,(H,9,10)(H,11,12). The molecule has 0 saturated carbocycles. The van der Waals surface area contributed by atoms with E-state index in [9.17, 15) is 9.59 Å². The van der Waals surface area contributed by atoms with Gasteiger partial charge in [0.15, 0.2) is 5.79 Å². The average Bonchev–Trinajstić information content (AvgIpc) is 1.94. The molecule has 0 bridgehead atoms. The van der Waals surface area contributed by atoms with Crippen molar-refractivity contribution in [1.29, 1.82) is 0 Å². The Hall–Kier alpha value is -1.14. The van der Waals surface area contributed by atoms with Crippen LogP contribution in [0, 0.1) is 5.92 Å². The number of aliphatic carboxylic acids is 2. The van der Waals surface area contributed by atoms with Crippen molar-refractivity contribution in [3.8, 4) is 0 Å². The molecule has 4 N–H and O–H groups in total. The van der Waals surface area contributed by atoms with Crippen molar-refractivity contribution < 1.29 is 30.0 Å². The maximum absolute atomic E-state index is 10.6. The summed E-state index contributed by atoms with van der Waals surface area (Å²) in [5.41, 5.74) is 0. The molecule has 6 heteroatoms. The van der Waals surface area contributed by atoms with Crippen LogP contribution in [0.2, 0.25) is 0 Å². The van der Waals surface area contributed by atoms with Gasteiger partial charge in [0.25, 0.3) is 0 Å². The third kappa shape index (κ3) is 4.78. The lowest BCUT2D eigenvalue weighted by Crippen LogP contribution is -2.39. The van der Waals surface area contributed by atoms with Crippen molar-refractivity contribution in [2.45, 2.75) is 32.0 Å². The molecule has 6 nitrogen and oxygen atoms in total. The molecule has 0 aliphatic rings. The number of rotatable bonds is 6. The lowest BCUT2D eigenvalue weighted by molar-refractivity contribution is -0.200. The molecule has 0 spiro atoms. The number of hydrogen-bond acceptors (Lipinski definition) is 4. The van der Waals surface area contributed by atoms with E-state index in [0.29, 0.717) is 0 Å². The predicted octanol–water partition coefficient (Wildman–Crippen LogP) is -0.357. The Morgan fingerprint density at radius 2 is 1.79 bits per heavy atom. The number of carbonyl (C=O) groups is 2. The first kappa shape index (κ1) is 12.9. The summed E-state index contributed by atoms with van der Waals surface area (Å²) in [4.78, 5) is 20.7. The third-order valence-corrected chi connectivity index (χ3v) is 1.84. The van der Waals surface area contributed by atoms with Gasteiger partial charge in [-0.2, -0.15) is 0 Å². The molecule has 0 rings (SSSR count). The van der Waals surface area contributed by atoms with Gasteiger partial charge in [-0.15, -0.1) is 0 Å². The maximum atomic E-state index is 10.6. The quantitative estimate of drug-likeness (QED) is 0.441. The monoisotopic (exact) mass is 206 g/mol. The highest BCUT2D eigenvalue weighted by Gasteiger charge is 2.34. The zero-order valence-electron chi connectivity index (χ0n) is 7.80. The van der Waals surface area contributed by atoms with Crippen LogP contribution in [0.25, 0.3) is 0 Å². The summed E-state index contributed by atoms with van der Waals surface area (Å²) in [6.07, 6.45) is -0.159. The van der Waals surface area contributed by atoms with E-state index in [1.807, 2.05) is 0 Å². The SMILES string of the molecule is CC(O)(O)C(CCCC(=O)O)C(=O)O. The number of carboxylic acid groups (broad SMARTS) is 2. The molecule has 0 radical (unpaired) electrons. The van der Waals surface area contributed by atoms with E-state index in [4.69, 9.17) is 20.4 Å². The molecule has 1 unspecified atom stereocenters. The molecular formula is C8H14O6. The summed E-state index contributed by atoms with van der Waals surface area (Å²) in [7, 11) is 0. The molecule has 0 heterocycles. The molecule has 0 aliphatic carbocycles. The summed E-state index contributed by atoms with van der Waals surface area (Å²) >= 11 is 0. The Labute approximate surface area is 80.8 Å². The Balaban J connectivity index is 4.13. The van der Waals surface area contributed by atoms with E-state index in [-0.39, 0.29) is 19.3 Å². The first-order chi connectivity index (χ1) is 6.25. The molecule has 1 atom stereocenters. The van der Waals surface area contributed by atoms with E-state index < -0.39 is 23.6 Å². The van der Waals surface area contributed by atoms with Crippen molar-refractivity contribution in [2.75, 3.05) is 0 Å². The van der Waals surface area contributed by atoms with Crippen LogP contribution in [-0.2, 0) is 9.59 Å². The van der Waals surface area contributed by atoms with Gasteiger partial charge in [-0.05, 0) is 19.8 Å². The lowest BCUT2D eigenvalue weighted by atomic mass is 9.94. The van der Waals surface area contributed by atoms with Gasteiger partial charge in [0, 0.05) is 6.42 Å². The van der Waals surface area contributed by atoms with Crippen LogP contribution in [0.4, 0.5) is 0 Å². The number of aliphatic hydroxyl groups is 2. The van der Waals surface area contributed by atoms with E-state index >= 15 is 0 Å². The minimum absolute atomic E-state index is 0.0782. The Morgan fingerprint density at radius 1 is 1.29 bits per heavy atom. The van der Waals surface area contributed by atoms with E-state index in [2.05, 4.69) is 0 Å². The van der Waals surface area contributed by atoms with Gasteiger partial charge in [0.1, 0.15) is 5.92 Å². The Morgan fingerprint density at radius 3 is 2.07 bits per heavy atom. The smallest absolute Gasteiger partial charge is 0.311 e. The van der Waals surface area contributed by atoms with Gasteiger partial charge in [0.05, 0.1) is 0 Å². The minimum Gasteiger partial charge on any atom is -0.481 e. The number of hydrogen-bond donors (Lipinski definition) is 4. The fraction of sp³-hybridized carbons (Fsp3) is 0.750. The second-order valence-corrected chi connectivity index (χ2v) is 3.27. The van der Waals surface area contributed by atoms with E-state index in [1.54, 1.807) is 0 Å². The van der Waals surface area contributed by atoms with Crippen molar-refractivity contribution in [2.24, 2.45) is 5.92 Å². The minimum atomic E-state index is -2.32. The zero-order valence-corrected chi connectivity index (χ0v) is 7.80. The molecule has 0 amide bonds. The van der Waals surface area contributed by atoms with Crippen molar-refractivity contribution in [1.82, 2.24) is 0 Å². The molecule has 82 valence electrons. The topological polar surface area (TPSA) is 115 Å². The van der Waals surface area contributed by atoms with Gasteiger partial charge in [0.2, 0.25) is 0 Å². The highest BCUT2D eigenvalue weighted by atomic mass is 16.5. The Kier molecular flexibility index (Phi) is 4.52. The summed E-state index contributed by atoms with van der Waals surface area (Å²) < 4.78 is 0. The molecule has 0 aromatic carbocycles. The lowest BCUT2D eigenvalue weighted by Gasteiger charge is -2.23. The fourth-order valence-electron chi connectivity index (χ4n) is 1.09. The second-order valence-electron chi connectivity index (χ2n) is 3.27. The molecule has 0 saturated heterocycles. The summed E-state index contributed by atoms with van der Waals surface area (Å²) in [5.74, 6) is -6.05. The molecule has 0 aromatic rings. The molecule has 0 aliphatic heterocycles. The van der Waals surface area contributed by atoms with Gasteiger partial charge in [-0.3, -0.25) is 9.59 Å². The second kappa shape index (κ2) is 4.92.